The Labute approximate surface area is 390 Å². The van der Waals surface area contributed by atoms with Crippen LogP contribution >= 0.6 is 0 Å². The third-order valence-electron chi connectivity index (χ3n) is 12.7. The number of sulfone groups is 2. The maximum Gasteiger partial charge on any atom is 0.328 e. The SMILES string of the molecule is CN(C)C[C@@H]1CC1C#CC#Cc1cc2n(c1)C(=O)N(CC[C@](C)(C(=O)NO)S(C)(=O)=O)C2.C[C@@](CCN1Cc2cc(C#Cc3ccc(CN4CC(O)C4)cc3)cn2C1=O)(C(=O)NO)S(C)(=O)=O. The van der Waals surface area contributed by atoms with E-state index in [0.29, 0.717) is 36.1 Å². The molecule has 4 amide bonds. The Bertz CT molecular complexity index is 2840. The molecule has 5 N–H and O–H groups in total. The fourth-order valence-corrected chi connectivity index (χ4v) is 9.59. The van der Waals surface area contributed by atoms with Gasteiger partial charge in [-0.25, -0.2) is 37.4 Å². The van der Waals surface area contributed by atoms with E-state index in [1.807, 2.05) is 44.4 Å². The second-order valence-electron chi connectivity index (χ2n) is 18.2. The highest BCUT2D eigenvalue weighted by Crippen LogP contribution is 2.38. The lowest BCUT2D eigenvalue weighted by Gasteiger charge is -2.35. The zero-order valence-corrected chi connectivity index (χ0v) is 39.9. The van der Waals surface area contributed by atoms with Crippen LogP contribution in [-0.2, 0) is 48.9 Å². The second-order valence-corrected chi connectivity index (χ2v) is 23.0. The first kappa shape index (κ1) is 50.5. The molecule has 3 aliphatic heterocycles. The van der Waals surface area contributed by atoms with Crippen LogP contribution in [0.3, 0.4) is 0 Å². The second kappa shape index (κ2) is 20.1. The molecule has 5 heterocycles. The van der Waals surface area contributed by atoms with Gasteiger partial charge in [-0.3, -0.25) is 34.0 Å². The Balaban J connectivity index is 0.000000222. The summed E-state index contributed by atoms with van der Waals surface area (Å²) in [5.41, 5.74) is 7.64. The van der Waals surface area contributed by atoms with Crippen LogP contribution in [0, 0.1) is 47.4 Å². The summed E-state index contributed by atoms with van der Waals surface area (Å²) >= 11 is 0. The van der Waals surface area contributed by atoms with E-state index in [1.165, 1.54) is 43.7 Å². The summed E-state index contributed by atoms with van der Waals surface area (Å²) in [6, 6.07) is 10.9. The number of carbonyl (C=O) groups is 4. The smallest absolute Gasteiger partial charge is 0.328 e. The van der Waals surface area contributed by atoms with Crippen LogP contribution in [-0.4, -0.2) is 160 Å². The molecule has 21 heteroatoms. The van der Waals surface area contributed by atoms with Crippen molar-refractivity contribution in [3.63, 3.8) is 0 Å². The quantitative estimate of drug-likeness (QED) is 0.0864. The summed E-state index contributed by atoms with van der Waals surface area (Å²) in [5, 5.41) is 27.2. The van der Waals surface area contributed by atoms with Crippen molar-refractivity contribution in [2.24, 2.45) is 11.8 Å². The number of fused-ring (bicyclic) bond motifs is 2. The van der Waals surface area contributed by atoms with Gasteiger partial charge in [0.25, 0.3) is 11.8 Å². The largest absolute Gasteiger partial charge is 0.390 e. The molecule has 1 saturated carbocycles. The average Bonchev–Trinajstić information content (AvgIpc) is 3.50. The first-order valence-electron chi connectivity index (χ1n) is 21.4. The number of likely N-dealkylation sites (tertiary alicyclic amines) is 1. The number of hydrogen-bond acceptors (Lipinski definition) is 13. The number of aliphatic hydroxyl groups is 1. The molecule has 0 spiro atoms. The third-order valence-corrected chi connectivity index (χ3v) is 16.7. The number of nitrogens with one attached hydrogen (secondary N) is 2. The van der Waals surface area contributed by atoms with Gasteiger partial charge in [-0.1, -0.05) is 35.8 Å². The molecular weight excluding hydrogens is 905 g/mol. The lowest BCUT2D eigenvalue weighted by molar-refractivity contribution is -0.132. The number of aromatic nitrogens is 2. The van der Waals surface area contributed by atoms with Gasteiger partial charge in [-0.2, -0.15) is 0 Å². The highest BCUT2D eigenvalue weighted by atomic mass is 32.2. The Kier molecular flexibility index (Phi) is 15.1. The van der Waals surface area contributed by atoms with Crippen LogP contribution in [0.5, 0.6) is 0 Å². The van der Waals surface area contributed by atoms with Crippen molar-refractivity contribution in [3.05, 3.63) is 82.4 Å². The Morgan fingerprint density at radius 2 is 1.24 bits per heavy atom. The number of benzene rings is 1. The lowest BCUT2D eigenvalue weighted by Crippen LogP contribution is -2.50. The van der Waals surface area contributed by atoms with Crippen LogP contribution in [0.1, 0.15) is 66.8 Å². The van der Waals surface area contributed by atoms with E-state index >= 15 is 0 Å². The fraction of sp³-hybridized carbons (Fsp3) is 0.478. The molecule has 2 aromatic heterocycles. The van der Waals surface area contributed by atoms with Crippen LogP contribution in [0.25, 0.3) is 0 Å². The molecular formula is C46H56N8O11S2. The topological polar surface area (TPSA) is 244 Å². The number of rotatable bonds is 14. The van der Waals surface area contributed by atoms with E-state index in [1.54, 1.807) is 18.5 Å². The molecule has 0 radical (unpaired) electrons. The number of hydroxylamine groups is 2. The molecule has 4 aliphatic rings. The van der Waals surface area contributed by atoms with Gasteiger partial charge in [0.1, 0.15) is 0 Å². The molecule has 2 fully saturated rings. The molecule has 3 aromatic rings. The van der Waals surface area contributed by atoms with Crippen molar-refractivity contribution in [3.8, 4) is 35.5 Å². The lowest BCUT2D eigenvalue weighted by atomic mass is 10.1. The summed E-state index contributed by atoms with van der Waals surface area (Å²) in [6.45, 7) is 6.30. The van der Waals surface area contributed by atoms with Crippen molar-refractivity contribution >= 4 is 43.6 Å². The summed E-state index contributed by atoms with van der Waals surface area (Å²) in [4.78, 5) is 56.6. The van der Waals surface area contributed by atoms with E-state index in [-0.39, 0.29) is 57.2 Å². The zero-order chi connectivity index (χ0) is 49.1. The van der Waals surface area contributed by atoms with E-state index in [2.05, 4.69) is 45.3 Å². The summed E-state index contributed by atoms with van der Waals surface area (Å²) < 4.78 is 47.7. The van der Waals surface area contributed by atoms with Gasteiger partial charge in [0.15, 0.2) is 29.2 Å². The first-order chi connectivity index (χ1) is 31.5. The van der Waals surface area contributed by atoms with Crippen LogP contribution in [0.15, 0.2) is 48.8 Å². The summed E-state index contributed by atoms with van der Waals surface area (Å²) in [7, 11) is -3.56. The maximum absolute atomic E-state index is 12.8. The van der Waals surface area contributed by atoms with Gasteiger partial charge in [0.2, 0.25) is 0 Å². The highest BCUT2D eigenvalue weighted by Gasteiger charge is 2.46. The standard InChI is InChI=1S/C24H28N4O6S.C22H28N4O5S/c1-24(22(30)25-32,35(2,33)34)9-10-27-14-20-11-19(13-28(20)23(27)31)8-5-17-3-6-18(7-4-17)12-26-15-21(29)16-26;1-22(20(27)23-29,32(4,30)31)9-10-25-15-19-11-16(13-26(19)21(25)28)7-5-6-8-17-12-18(17)14-24(2)3/h3-4,6-7,11,13,21,29,32H,9-10,12,14-16H2,1-2H3,(H,25,30);11,13,17-18,29H,9-10,12,14-15H2,1-4H3,(H,23,27)/t24-;17?,18-,22+/m10/s1. The van der Waals surface area contributed by atoms with Gasteiger partial charge in [0.05, 0.1) is 19.2 Å². The Morgan fingerprint density at radius 3 is 1.67 bits per heavy atom. The number of nitrogens with zero attached hydrogens (tertiary/aromatic N) is 6. The molecule has 358 valence electrons. The Morgan fingerprint density at radius 1 is 0.761 bits per heavy atom. The molecule has 1 saturated heterocycles. The van der Waals surface area contributed by atoms with Crippen molar-refractivity contribution in [2.45, 2.75) is 68.3 Å². The van der Waals surface area contributed by atoms with Crippen molar-refractivity contribution in [1.29, 1.82) is 0 Å². The number of amides is 4. The summed E-state index contributed by atoms with van der Waals surface area (Å²) in [6.07, 6.45) is 5.71. The predicted molar refractivity (Wildman–Crippen MR) is 245 cm³/mol. The minimum atomic E-state index is -3.84. The van der Waals surface area contributed by atoms with Crippen molar-refractivity contribution in [1.82, 2.24) is 39.7 Å². The van der Waals surface area contributed by atoms with Crippen LogP contribution in [0.4, 0.5) is 9.59 Å². The number of aliphatic hydroxyl groups excluding tert-OH is 1. The van der Waals surface area contributed by atoms with Gasteiger partial charge in [0, 0.05) is 98.2 Å². The molecule has 1 unspecified atom stereocenters. The fourth-order valence-electron chi connectivity index (χ4n) is 7.90. The van der Waals surface area contributed by atoms with Gasteiger partial charge < -0.3 is 19.8 Å². The molecule has 1 aliphatic carbocycles. The average molecular weight is 961 g/mol. The van der Waals surface area contributed by atoms with E-state index in [0.717, 1.165) is 54.5 Å². The number of β-amino-alcohol motifs (C(OH)–C–C–N with tert-alkyl or cyclic N) is 1. The highest BCUT2D eigenvalue weighted by molar-refractivity contribution is 7.93. The van der Waals surface area contributed by atoms with Gasteiger partial charge in [-0.15, -0.1) is 0 Å². The van der Waals surface area contributed by atoms with E-state index in [9.17, 15) is 41.1 Å². The minimum Gasteiger partial charge on any atom is -0.390 e. The van der Waals surface area contributed by atoms with E-state index in [4.69, 9.17) is 10.4 Å². The van der Waals surface area contributed by atoms with Crippen LogP contribution < -0.4 is 11.0 Å². The third kappa shape index (κ3) is 11.6. The predicted octanol–water partition coefficient (Wildman–Crippen LogP) is 1.07. The molecule has 7 rings (SSSR count). The molecule has 67 heavy (non-hydrogen) atoms. The first-order valence-corrected chi connectivity index (χ1v) is 25.2. The number of hydrogen-bond donors (Lipinski definition) is 5. The maximum atomic E-state index is 12.8. The number of carbonyl (C=O) groups excluding carboxylic acids is 4. The Hall–Kier alpha value is -5.96. The minimum absolute atomic E-state index is 0.0290. The normalized spacial score (nSPS) is 19.4. The van der Waals surface area contributed by atoms with Crippen LogP contribution in [0.2, 0.25) is 0 Å². The molecule has 19 nitrogen and oxygen atoms in total. The van der Waals surface area contributed by atoms with Gasteiger partial charge in [-0.05, 0) is 94.8 Å². The van der Waals surface area contributed by atoms with Gasteiger partial charge >= 0.3 is 12.1 Å². The molecule has 0 bridgehead atoms. The van der Waals surface area contributed by atoms with E-state index < -0.39 is 41.0 Å². The van der Waals surface area contributed by atoms with Crippen molar-refractivity contribution in [2.75, 3.05) is 59.3 Å². The molecule has 1 aromatic carbocycles. The molecule has 4 atom stereocenters. The summed E-state index contributed by atoms with van der Waals surface area (Å²) in [5.74, 6) is 17.0. The zero-order valence-electron chi connectivity index (χ0n) is 38.2. The van der Waals surface area contributed by atoms with Crippen molar-refractivity contribution < 1.29 is 51.5 Å². The monoisotopic (exact) mass is 960 g/mol.